The molecule has 0 aliphatic carbocycles. The van der Waals surface area contributed by atoms with Gasteiger partial charge in [0.25, 0.3) is 0 Å². The van der Waals surface area contributed by atoms with Crippen molar-refractivity contribution >= 4 is 11.9 Å². The van der Waals surface area contributed by atoms with Crippen LogP contribution in [0, 0.1) is 0 Å². The quantitative estimate of drug-likeness (QED) is 0.557. The van der Waals surface area contributed by atoms with E-state index in [1.54, 1.807) is 7.05 Å². The number of hydrogen-bond acceptors (Lipinski definition) is 4. The Balaban J connectivity index is 3.59. The van der Waals surface area contributed by atoms with Crippen molar-refractivity contribution in [1.82, 2.24) is 5.32 Å². The second kappa shape index (κ2) is 5.54. The van der Waals surface area contributed by atoms with Gasteiger partial charge in [0.05, 0.1) is 6.61 Å². The predicted octanol–water partition coefficient (Wildman–Crippen LogP) is -0.388. The van der Waals surface area contributed by atoms with Crippen LogP contribution in [0.4, 0.5) is 0 Å². The van der Waals surface area contributed by atoms with Gasteiger partial charge in [-0.25, -0.2) is 0 Å². The molecule has 0 aromatic rings. The van der Waals surface area contributed by atoms with Crippen molar-refractivity contribution in [2.75, 3.05) is 13.7 Å². The van der Waals surface area contributed by atoms with Crippen LogP contribution >= 0.6 is 0 Å². The van der Waals surface area contributed by atoms with Gasteiger partial charge >= 0.3 is 11.9 Å². The monoisotopic (exact) mass is 175 g/mol. The van der Waals surface area contributed by atoms with Crippen LogP contribution in [-0.2, 0) is 14.3 Å². The number of carbonyl (C=O) groups excluding carboxylic acids is 1. The summed E-state index contributed by atoms with van der Waals surface area (Å²) in [7, 11) is 1.55. The molecule has 0 saturated heterocycles. The van der Waals surface area contributed by atoms with Crippen molar-refractivity contribution in [2.24, 2.45) is 0 Å². The fraction of sp³-hybridized carbons (Fsp3) is 0.714. The van der Waals surface area contributed by atoms with E-state index >= 15 is 0 Å². The van der Waals surface area contributed by atoms with Crippen LogP contribution in [0.3, 0.4) is 0 Å². The summed E-state index contributed by atoms with van der Waals surface area (Å²) in [5.74, 6) is -1.33. The molecule has 1 unspecified atom stereocenters. The Bertz CT molecular complexity index is 169. The van der Waals surface area contributed by atoms with Crippen molar-refractivity contribution in [3.8, 4) is 0 Å². The largest absolute Gasteiger partial charge is 0.480 e. The lowest BCUT2D eigenvalue weighted by Gasteiger charge is -2.09. The number of carboxylic acid groups (broad SMARTS) is 1. The molecule has 0 aliphatic rings. The predicted molar refractivity (Wildman–Crippen MR) is 41.7 cm³/mol. The minimum absolute atomic E-state index is 0.132. The third-order valence-corrected chi connectivity index (χ3v) is 1.36. The van der Waals surface area contributed by atoms with Gasteiger partial charge < -0.3 is 15.2 Å². The molecule has 0 saturated carbocycles. The summed E-state index contributed by atoms with van der Waals surface area (Å²) in [6.45, 7) is 1.42. The van der Waals surface area contributed by atoms with Crippen LogP contribution < -0.4 is 5.32 Å². The summed E-state index contributed by atoms with van der Waals surface area (Å²) in [5.41, 5.74) is 0. The zero-order valence-corrected chi connectivity index (χ0v) is 7.16. The second-order valence-corrected chi connectivity index (χ2v) is 2.31. The molecule has 0 fully saturated rings. The maximum atomic E-state index is 10.4. The van der Waals surface area contributed by atoms with Crippen LogP contribution in [-0.4, -0.2) is 36.7 Å². The van der Waals surface area contributed by atoms with Gasteiger partial charge in [-0.3, -0.25) is 9.59 Å². The highest BCUT2D eigenvalue weighted by Gasteiger charge is 2.14. The van der Waals surface area contributed by atoms with E-state index in [2.05, 4.69) is 10.1 Å². The molecule has 12 heavy (non-hydrogen) atoms. The molecule has 0 amide bonds. The lowest BCUT2D eigenvalue weighted by atomic mass is 10.2. The SMILES string of the molecule is CNC(CCOC(C)=O)C(=O)O. The average molecular weight is 175 g/mol. The maximum absolute atomic E-state index is 10.4. The number of esters is 1. The van der Waals surface area contributed by atoms with E-state index in [0.717, 1.165) is 0 Å². The molecule has 0 aromatic carbocycles. The normalized spacial score (nSPS) is 12.2. The van der Waals surface area contributed by atoms with E-state index in [1.807, 2.05) is 0 Å². The molecule has 0 aliphatic heterocycles. The topological polar surface area (TPSA) is 75.6 Å². The lowest BCUT2D eigenvalue weighted by molar-refractivity contribution is -0.144. The van der Waals surface area contributed by atoms with E-state index in [9.17, 15) is 9.59 Å². The number of hydrogen-bond donors (Lipinski definition) is 2. The molecule has 2 N–H and O–H groups in total. The highest BCUT2D eigenvalue weighted by atomic mass is 16.5. The van der Waals surface area contributed by atoms with Gasteiger partial charge in [-0.15, -0.1) is 0 Å². The molecule has 5 nitrogen and oxygen atoms in total. The van der Waals surface area contributed by atoms with Crippen LogP contribution in [0.25, 0.3) is 0 Å². The fourth-order valence-electron chi connectivity index (χ4n) is 0.712. The van der Waals surface area contributed by atoms with E-state index in [1.165, 1.54) is 6.92 Å². The number of aliphatic carboxylic acids is 1. The third kappa shape index (κ3) is 4.68. The van der Waals surface area contributed by atoms with Crippen LogP contribution in [0.1, 0.15) is 13.3 Å². The standard InChI is InChI=1S/C7H13NO4/c1-5(9)12-4-3-6(8-2)7(10)11/h6,8H,3-4H2,1-2H3,(H,10,11). The number of likely N-dealkylation sites (N-methyl/N-ethyl adjacent to an activating group) is 1. The van der Waals surface area contributed by atoms with E-state index in [4.69, 9.17) is 5.11 Å². The molecule has 0 heterocycles. The van der Waals surface area contributed by atoms with Gasteiger partial charge in [0.1, 0.15) is 6.04 Å². The van der Waals surface area contributed by atoms with Crippen molar-refractivity contribution in [2.45, 2.75) is 19.4 Å². The van der Waals surface area contributed by atoms with Gasteiger partial charge in [-0.05, 0) is 7.05 Å². The molecule has 0 radical (unpaired) electrons. The highest BCUT2D eigenvalue weighted by Crippen LogP contribution is 1.92. The van der Waals surface area contributed by atoms with Crippen molar-refractivity contribution in [3.63, 3.8) is 0 Å². The van der Waals surface area contributed by atoms with Crippen LogP contribution in [0.15, 0.2) is 0 Å². The van der Waals surface area contributed by atoms with E-state index < -0.39 is 18.0 Å². The smallest absolute Gasteiger partial charge is 0.320 e. The average Bonchev–Trinajstić information content (AvgIpc) is 1.96. The van der Waals surface area contributed by atoms with Crippen molar-refractivity contribution < 1.29 is 19.4 Å². The zero-order chi connectivity index (χ0) is 9.56. The van der Waals surface area contributed by atoms with Gasteiger partial charge in [-0.1, -0.05) is 0 Å². The first-order valence-corrected chi connectivity index (χ1v) is 3.61. The molecular formula is C7H13NO4. The third-order valence-electron chi connectivity index (χ3n) is 1.36. The molecule has 0 bridgehead atoms. The number of carboxylic acids is 1. The molecule has 1 atom stereocenters. The highest BCUT2D eigenvalue weighted by molar-refractivity contribution is 5.73. The molecule has 0 rings (SSSR count). The van der Waals surface area contributed by atoms with Gasteiger partial charge in [0.15, 0.2) is 0 Å². The first-order valence-electron chi connectivity index (χ1n) is 3.61. The van der Waals surface area contributed by atoms with Gasteiger partial charge in [0, 0.05) is 13.3 Å². The molecule has 0 spiro atoms. The summed E-state index contributed by atoms with van der Waals surface area (Å²) >= 11 is 0. The Morgan fingerprint density at radius 3 is 2.50 bits per heavy atom. The van der Waals surface area contributed by atoms with E-state index in [0.29, 0.717) is 0 Å². The first kappa shape index (κ1) is 10.9. The Labute approximate surface area is 70.7 Å². The molecule has 70 valence electrons. The number of rotatable bonds is 5. The number of ether oxygens (including phenoxy) is 1. The Hall–Kier alpha value is -1.10. The molecule has 5 heteroatoms. The lowest BCUT2D eigenvalue weighted by Crippen LogP contribution is -2.34. The maximum Gasteiger partial charge on any atom is 0.320 e. The van der Waals surface area contributed by atoms with Gasteiger partial charge in [0.2, 0.25) is 0 Å². The Morgan fingerprint density at radius 2 is 2.17 bits per heavy atom. The summed E-state index contributed by atoms with van der Waals surface area (Å²) in [4.78, 5) is 20.7. The van der Waals surface area contributed by atoms with E-state index in [-0.39, 0.29) is 13.0 Å². The van der Waals surface area contributed by atoms with Gasteiger partial charge in [-0.2, -0.15) is 0 Å². The minimum atomic E-state index is -0.940. The minimum Gasteiger partial charge on any atom is -0.480 e. The van der Waals surface area contributed by atoms with Crippen molar-refractivity contribution in [3.05, 3.63) is 0 Å². The summed E-state index contributed by atoms with van der Waals surface area (Å²) in [5, 5.41) is 11.1. The zero-order valence-electron chi connectivity index (χ0n) is 7.16. The number of carbonyl (C=O) groups is 2. The van der Waals surface area contributed by atoms with Crippen LogP contribution in [0.5, 0.6) is 0 Å². The molecule has 0 aromatic heterocycles. The second-order valence-electron chi connectivity index (χ2n) is 2.31. The first-order chi connectivity index (χ1) is 5.57. The Morgan fingerprint density at radius 1 is 1.58 bits per heavy atom. The number of nitrogens with one attached hydrogen (secondary N) is 1. The summed E-state index contributed by atoms with van der Waals surface area (Å²) in [6, 6.07) is -0.649. The summed E-state index contributed by atoms with van der Waals surface area (Å²) < 4.78 is 4.58. The summed E-state index contributed by atoms with van der Waals surface area (Å²) in [6.07, 6.45) is 0.283. The Kier molecular flexibility index (Phi) is 5.03. The van der Waals surface area contributed by atoms with Crippen molar-refractivity contribution in [1.29, 1.82) is 0 Å². The fourth-order valence-corrected chi connectivity index (χ4v) is 0.712. The van der Waals surface area contributed by atoms with Crippen LogP contribution in [0.2, 0.25) is 0 Å². The molecular weight excluding hydrogens is 162 g/mol.